The molecule has 6 nitrogen and oxygen atoms in total. The smallest absolute Gasteiger partial charge is 0.347 e. The maximum absolute atomic E-state index is 10.5. The number of hydrogen-bond acceptors (Lipinski definition) is 6. The van der Waals surface area contributed by atoms with E-state index in [4.69, 9.17) is 5.11 Å². The molecule has 2 heterocycles. The van der Waals surface area contributed by atoms with Gasteiger partial charge in [-0.25, -0.2) is 14.8 Å². The monoisotopic (exact) mass is 228 g/mol. The van der Waals surface area contributed by atoms with Gasteiger partial charge in [0.2, 0.25) is 0 Å². The Morgan fingerprint density at radius 1 is 1.57 bits per heavy atom. The van der Waals surface area contributed by atoms with Crippen molar-refractivity contribution in [3.8, 4) is 0 Å². The number of H-pyrrole nitrogens is 1. The number of hydrogen-bond donors (Lipinski definition) is 2. The largest absolute Gasteiger partial charge is 0.477 e. The third kappa shape index (κ3) is 1.91. The van der Waals surface area contributed by atoms with Gasteiger partial charge in [-0.15, -0.1) is 11.3 Å². The van der Waals surface area contributed by atoms with Crippen LogP contribution in [0.5, 0.6) is 0 Å². The van der Waals surface area contributed by atoms with E-state index < -0.39 is 5.97 Å². The van der Waals surface area contributed by atoms with E-state index in [0.29, 0.717) is 9.50 Å². The number of rotatable bonds is 3. The molecule has 0 spiro atoms. The second-order valence-corrected chi connectivity index (χ2v) is 4.45. The molecule has 0 unspecified atom stereocenters. The van der Waals surface area contributed by atoms with Gasteiger partial charge in [0, 0.05) is 0 Å². The average molecular weight is 228 g/mol. The van der Waals surface area contributed by atoms with Crippen molar-refractivity contribution in [1.82, 2.24) is 20.2 Å². The zero-order valence-corrected chi connectivity index (χ0v) is 8.30. The number of nitrogens with one attached hydrogen (secondary N) is 1. The Bertz CT molecular complexity index is 438. The number of carbonyl (C=O) groups is 1. The molecule has 0 aliphatic heterocycles. The van der Waals surface area contributed by atoms with Crippen LogP contribution >= 0.6 is 23.1 Å². The van der Waals surface area contributed by atoms with E-state index in [2.05, 4.69) is 20.2 Å². The lowest BCUT2D eigenvalue weighted by atomic mass is 10.6. The van der Waals surface area contributed by atoms with Gasteiger partial charge >= 0.3 is 5.97 Å². The van der Waals surface area contributed by atoms with Crippen molar-refractivity contribution in [1.29, 1.82) is 0 Å². The molecule has 0 aliphatic carbocycles. The van der Waals surface area contributed by atoms with Gasteiger partial charge in [0.05, 0.1) is 6.20 Å². The molecule has 0 amide bonds. The molecule has 0 fully saturated rings. The summed E-state index contributed by atoms with van der Waals surface area (Å²) in [5, 5.41) is 15.6. The SMILES string of the molecule is O=C(O)c1cnc(Sc2ncn[nH]2)s1. The molecular weight excluding hydrogens is 224 g/mol. The molecule has 0 radical (unpaired) electrons. The van der Waals surface area contributed by atoms with E-state index in [-0.39, 0.29) is 4.88 Å². The van der Waals surface area contributed by atoms with Crippen LogP contribution in [-0.4, -0.2) is 31.2 Å². The molecule has 2 aromatic heterocycles. The molecule has 0 atom stereocenters. The van der Waals surface area contributed by atoms with Gasteiger partial charge in [-0.1, -0.05) is 0 Å². The fourth-order valence-electron chi connectivity index (χ4n) is 0.730. The first-order valence-electron chi connectivity index (χ1n) is 3.48. The summed E-state index contributed by atoms with van der Waals surface area (Å²) in [6.45, 7) is 0. The Labute approximate surface area is 86.4 Å². The molecule has 0 bridgehead atoms. The lowest BCUT2D eigenvalue weighted by Crippen LogP contribution is -1.89. The second kappa shape index (κ2) is 3.76. The van der Waals surface area contributed by atoms with Crippen molar-refractivity contribution in [3.63, 3.8) is 0 Å². The minimum atomic E-state index is -0.966. The van der Waals surface area contributed by atoms with Crippen molar-refractivity contribution in [3.05, 3.63) is 17.4 Å². The summed E-state index contributed by atoms with van der Waals surface area (Å²) in [6.07, 6.45) is 2.71. The van der Waals surface area contributed by atoms with Gasteiger partial charge in [-0.2, -0.15) is 5.10 Å². The number of aromatic amines is 1. The normalized spacial score (nSPS) is 10.3. The summed E-state index contributed by atoms with van der Waals surface area (Å²) in [5.41, 5.74) is 0. The highest BCUT2D eigenvalue weighted by molar-refractivity contribution is 8.00. The maximum atomic E-state index is 10.5. The van der Waals surface area contributed by atoms with Gasteiger partial charge in [0.25, 0.3) is 0 Å². The van der Waals surface area contributed by atoms with Gasteiger partial charge < -0.3 is 5.11 Å². The predicted molar refractivity (Wildman–Crippen MR) is 49.6 cm³/mol. The number of aromatic nitrogens is 4. The first-order chi connectivity index (χ1) is 6.75. The van der Waals surface area contributed by atoms with Crippen molar-refractivity contribution in [2.45, 2.75) is 9.50 Å². The van der Waals surface area contributed by atoms with Crippen LogP contribution < -0.4 is 0 Å². The Morgan fingerprint density at radius 2 is 2.43 bits per heavy atom. The van der Waals surface area contributed by atoms with Crippen molar-refractivity contribution < 1.29 is 9.90 Å². The minimum absolute atomic E-state index is 0.215. The maximum Gasteiger partial charge on any atom is 0.347 e. The lowest BCUT2D eigenvalue weighted by Gasteiger charge is -1.87. The van der Waals surface area contributed by atoms with Gasteiger partial charge in [0.1, 0.15) is 11.2 Å². The van der Waals surface area contributed by atoms with E-state index in [1.165, 1.54) is 24.3 Å². The van der Waals surface area contributed by atoms with Crippen molar-refractivity contribution in [2.24, 2.45) is 0 Å². The third-order valence-electron chi connectivity index (χ3n) is 1.27. The van der Waals surface area contributed by atoms with Gasteiger partial charge in [-0.3, -0.25) is 5.10 Å². The number of thiazole rings is 1. The van der Waals surface area contributed by atoms with E-state index in [0.717, 1.165) is 11.3 Å². The molecule has 0 saturated heterocycles. The first-order valence-corrected chi connectivity index (χ1v) is 5.11. The molecule has 0 aromatic carbocycles. The fraction of sp³-hybridized carbons (Fsp3) is 0. The van der Waals surface area contributed by atoms with E-state index >= 15 is 0 Å². The van der Waals surface area contributed by atoms with Crippen LogP contribution in [0.3, 0.4) is 0 Å². The average Bonchev–Trinajstić information content (AvgIpc) is 2.75. The van der Waals surface area contributed by atoms with Crippen LogP contribution in [0.25, 0.3) is 0 Å². The molecule has 2 N–H and O–H groups in total. The minimum Gasteiger partial charge on any atom is -0.477 e. The van der Waals surface area contributed by atoms with E-state index in [1.807, 2.05) is 0 Å². The highest BCUT2D eigenvalue weighted by atomic mass is 32.2. The molecule has 0 aliphatic rings. The Hall–Kier alpha value is -1.41. The quantitative estimate of drug-likeness (QED) is 0.817. The molecule has 72 valence electrons. The number of nitrogens with zero attached hydrogens (tertiary/aromatic N) is 3. The second-order valence-electron chi connectivity index (χ2n) is 2.19. The highest BCUT2D eigenvalue weighted by Gasteiger charge is 2.10. The van der Waals surface area contributed by atoms with Crippen LogP contribution in [0.1, 0.15) is 9.67 Å². The molecular formula is C6H4N4O2S2. The number of carboxylic acids is 1. The van der Waals surface area contributed by atoms with Crippen LogP contribution in [0.4, 0.5) is 0 Å². The van der Waals surface area contributed by atoms with E-state index in [9.17, 15) is 4.79 Å². The zero-order valence-electron chi connectivity index (χ0n) is 6.67. The molecule has 14 heavy (non-hydrogen) atoms. The molecule has 2 rings (SSSR count). The molecule has 8 heteroatoms. The van der Waals surface area contributed by atoms with Crippen LogP contribution in [0.2, 0.25) is 0 Å². The Kier molecular flexibility index (Phi) is 2.46. The van der Waals surface area contributed by atoms with Gasteiger partial charge in [-0.05, 0) is 11.8 Å². The van der Waals surface area contributed by atoms with Crippen LogP contribution in [-0.2, 0) is 0 Å². The summed E-state index contributed by atoms with van der Waals surface area (Å²) in [4.78, 5) is 18.6. The topological polar surface area (TPSA) is 91.8 Å². The van der Waals surface area contributed by atoms with Crippen LogP contribution in [0.15, 0.2) is 22.0 Å². The number of aromatic carboxylic acids is 1. The van der Waals surface area contributed by atoms with Crippen LogP contribution in [0, 0.1) is 0 Å². The highest BCUT2D eigenvalue weighted by Crippen LogP contribution is 2.28. The van der Waals surface area contributed by atoms with Crippen molar-refractivity contribution in [2.75, 3.05) is 0 Å². The molecule has 2 aromatic rings. The van der Waals surface area contributed by atoms with Crippen molar-refractivity contribution >= 4 is 29.1 Å². The predicted octanol–water partition coefficient (Wildman–Crippen LogP) is 1.11. The third-order valence-corrected chi connectivity index (χ3v) is 3.22. The molecule has 0 saturated carbocycles. The summed E-state index contributed by atoms with van der Waals surface area (Å²) in [7, 11) is 0. The fourth-order valence-corrected chi connectivity index (χ4v) is 2.36. The zero-order chi connectivity index (χ0) is 9.97. The number of carboxylic acid groups (broad SMARTS) is 1. The summed E-state index contributed by atoms with van der Waals surface area (Å²) >= 11 is 2.35. The summed E-state index contributed by atoms with van der Waals surface area (Å²) in [6, 6.07) is 0. The standard InChI is InChI=1S/C6H4N4O2S2/c11-4(12)3-1-7-6(13-3)14-5-8-2-9-10-5/h1-2H,(H,11,12)(H,8,9,10). The first kappa shape index (κ1) is 9.16. The Balaban J connectivity index is 2.14. The lowest BCUT2D eigenvalue weighted by molar-refractivity contribution is 0.0702. The Morgan fingerprint density at radius 3 is 3.00 bits per heavy atom. The summed E-state index contributed by atoms with van der Waals surface area (Å²) < 4.78 is 0.624. The summed E-state index contributed by atoms with van der Waals surface area (Å²) in [5.74, 6) is -0.966. The van der Waals surface area contributed by atoms with E-state index in [1.54, 1.807) is 0 Å². The van der Waals surface area contributed by atoms with Gasteiger partial charge in [0.15, 0.2) is 9.50 Å².